The number of rotatable bonds is 5. The molecular weight excluding hydrogens is 434 g/mol. The molecule has 3 rings (SSSR count). The normalized spacial score (nSPS) is 19.9. The number of hydrogen-bond donors (Lipinski definition) is 1. The molecular formula is C17H10B3Cl2NO5S. The largest absolute Gasteiger partial charge is 0.467 e. The van der Waals surface area contributed by atoms with Crippen molar-refractivity contribution in [2.45, 2.75) is 10.0 Å². The Kier molecular flexibility index (Phi) is 5.49. The molecule has 12 heteroatoms. The molecule has 142 valence electrons. The maximum Gasteiger partial charge on any atom is 0.302 e. The molecule has 2 aromatic carbocycles. The molecule has 29 heavy (non-hydrogen) atoms. The van der Waals surface area contributed by atoms with Crippen molar-refractivity contribution in [1.29, 1.82) is 0 Å². The first kappa shape index (κ1) is 21.7. The standard InChI is InChI=1S/C17H10B3Cl2NO5S/c18-16(11-7-6-10(21)8-12(11)22)14(24)13(15(23)27-16)28-29(25,26)17(19,20)9-4-2-1-3-5-9/h1-8H,23H2. The minimum absolute atomic E-state index is 0.00143. The van der Waals surface area contributed by atoms with Crippen molar-refractivity contribution in [1.82, 2.24) is 0 Å². The number of halogens is 2. The van der Waals surface area contributed by atoms with Crippen LogP contribution in [0.2, 0.25) is 10.0 Å². The van der Waals surface area contributed by atoms with Crippen LogP contribution in [0.25, 0.3) is 0 Å². The van der Waals surface area contributed by atoms with Gasteiger partial charge in [-0.05, 0) is 17.7 Å². The van der Waals surface area contributed by atoms with Crippen LogP contribution in [0.15, 0.2) is 60.2 Å². The molecule has 1 unspecified atom stereocenters. The Morgan fingerprint density at radius 3 is 2.31 bits per heavy atom. The average molecular weight is 444 g/mol. The lowest BCUT2D eigenvalue weighted by Crippen LogP contribution is -2.40. The molecule has 0 bridgehead atoms. The van der Waals surface area contributed by atoms with Crippen molar-refractivity contribution in [3.8, 4) is 0 Å². The van der Waals surface area contributed by atoms with Gasteiger partial charge in [-0.1, -0.05) is 59.6 Å². The Balaban J connectivity index is 1.96. The molecule has 1 aliphatic heterocycles. The van der Waals surface area contributed by atoms with E-state index < -0.39 is 37.6 Å². The van der Waals surface area contributed by atoms with Crippen LogP contribution in [-0.2, 0) is 33.9 Å². The predicted molar refractivity (Wildman–Crippen MR) is 111 cm³/mol. The Bertz CT molecular complexity index is 1130. The van der Waals surface area contributed by atoms with Crippen LogP contribution >= 0.6 is 23.2 Å². The maximum absolute atomic E-state index is 12.9. The van der Waals surface area contributed by atoms with Gasteiger partial charge in [-0.2, -0.15) is 8.42 Å². The monoisotopic (exact) mass is 443 g/mol. The highest BCUT2D eigenvalue weighted by atomic mass is 35.5. The van der Waals surface area contributed by atoms with Crippen LogP contribution in [0, 0.1) is 0 Å². The summed E-state index contributed by atoms with van der Waals surface area (Å²) in [7, 11) is 12.8. The molecule has 0 aromatic heterocycles. The molecule has 0 saturated heterocycles. The van der Waals surface area contributed by atoms with Gasteiger partial charge >= 0.3 is 10.1 Å². The SMILES string of the molecule is [B]C1(c2ccc(Cl)cc2Cl)OC(N)=C(OS(=O)(=O)C([B])([B])c2ccccc2)C1=O. The first-order valence-corrected chi connectivity index (χ1v) is 10.1. The van der Waals surface area contributed by atoms with E-state index in [9.17, 15) is 13.2 Å². The van der Waals surface area contributed by atoms with Crippen molar-refractivity contribution in [3.05, 3.63) is 81.3 Å². The summed E-state index contributed by atoms with van der Waals surface area (Å²) in [4.78, 5) is 12.9. The van der Waals surface area contributed by atoms with Crippen molar-refractivity contribution < 1.29 is 22.1 Å². The van der Waals surface area contributed by atoms with Crippen LogP contribution in [-0.4, -0.2) is 37.7 Å². The second kappa shape index (κ2) is 7.34. The summed E-state index contributed by atoms with van der Waals surface area (Å²) in [6, 6.07) is 11.6. The third kappa shape index (κ3) is 3.65. The van der Waals surface area contributed by atoms with Gasteiger partial charge < -0.3 is 14.7 Å². The number of carbonyl (C=O) groups excluding carboxylic acids is 1. The molecule has 2 N–H and O–H groups in total. The van der Waals surface area contributed by atoms with E-state index >= 15 is 0 Å². The van der Waals surface area contributed by atoms with Crippen molar-refractivity contribution in [2.75, 3.05) is 0 Å². The third-order valence-electron chi connectivity index (χ3n) is 4.20. The maximum atomic E-state index is 12.9. The van der Waals surface area contributed by atoms with E-state index in [1.165, 1.54) is 42.5 Å². The highest BCUT2D eigenvalue weighted by Crippen LogP contribution is 2.40. The van der Waals surface area contributed by atoms with Gasteiger partial charge in [0.05, 0.1) is 20.2 Å². The number of ether oxygens (including phenoxy) is 1. The number of Topliss-reactive ketones (excluding diaryl/α,β-unsaturated/α-hetero) is 1. The zero-order chi connectivity index (χ0) is 21.6. The fourth-order valence-corrected chi connectivity index (χ4v) is 4.10. The summed E-state index contributed by atoms with van der Waals surface area (Å²) in [5.74, 6) is -2.63. The number of ketones is 1. The highest BCUT2D eigenvalue weighted by molar-refractivity contribution is 7.90. The van der Waals surface area contributed by atoms with E-state index in [0.29, 0.717) is 0 Å². The Hall–Kier alpha value is -2.03. The van der Waals surface area contributed by atoms with Gasteiger partial charge in [-0.3, -0.25) is 4.79 Å². The van der Waals surface area contributed by atoms with Gasteiger partial charge in [0.2, 0.25) is 17.4 Å². The summed E-state index contributed by atoms with van der Waals surface area (Å²) in [6.07, 6.45) is 0. The highest BCUT2D eigenvalue weighted by Gasteiger charge is 2.51. The Morgan fingerprint density at radius 2 is 1.72 bits per heavy atom. The molecule has 0 fully saturated rings. The van der Waals surface area contributed by atoms with E-state index in [2.05, 4.69) is 0 Å². The molecule has 0 spiro atoms. The molecule has 1 atom stereocenters. The van der Waals surface area contributed by atoms with Gasteiger partial charge in [-0.15, -0.1) is 0 Å². The minimum atomic E-state index is -4.80. The van der Waals surface area contributed by atoms with Crippen LogP contribution in [0.4, 0.5) is 0 Å². The van der Waals surface area contributed by atoms with Gasteiger partial charge in [0.1, 0.15) is 7.85 Å². The quantitative estimate of drug-likeness (QED) is 0.556. The number of nitrogens with two attached hydrogens (primary N) is 1. The van der Waals surface area contributed by atoms with E-state index in [1.807, 2.05) is 0 Å². The second-order valence-electron chi connectivity index (χ2n) is 6.18. The topological polar surface area (TPSA) is 95.7 Å². The average Bonchev–Trinajstić information content (AvgIpc) is 2.85. The van der Waals surface area contributed by atoms with E-state index in [4.69, 9.17) is 61.4 Å². The molecule has 1 heterocycles. The lowest BCUT2D eigenvalue weighted by molar-refractivity contribution is -0.126. The summed E-state index contributed by atoms with van der Waals surface area (Å²) in [6.45, 7) is 0. The molecule has 6 nitrogen and oxygen atoms in total. The van der Waals surface area contributed by atoms with E-state index in [-0.39, 0.29) is 21.2 Å². The van der Waals surface area contributed by atoms with Crippen LogP contribution in [0.1, 0.15) is 11.1 Å². The Morgan fingerprint density at radius 1 is 1.10 bits per heavy atom. The summed E-state index contributed by atoms with van der Waals surface area (Å²) in [5, 5.41) is 0.285. The predicted octanol–water partition coefficient (Wildman–Crippen LogP) is 1.54. The molecule has 0 amide bonds. The number of carbonyl (C=O) groups is 1. The van der Waals surface area contributed by atoms with Crippen molar-refractivity contribution in [3.63, 3.8) is 0 Å². The molecule has 1 aliphatic rings. The van der Waals surface area contributed by atoms with E-state index in [0.717, 1.165) is 0 Å². The van der Waals surface area contributed by atoms with Crippen molar-refractivity contribution in [2.24, 2.45) is 5.73 Å². The molecule has 6 radical (unpaired) electrons. The zero-order valence-corrected chi connectivity index (χ0v) is 17.0. The second-order valence-corrected chi connectivity index (χ2v) is 8.78. The fraction of sp³-hybridized carbons (Fsp3) is 0.118. The van der Waals surface area contributed by atoms with Gasteiger partial charge in [0, 0.05) is 15.6 Å². The first-order chi connectivity index (χ1) is 13.4. The lowest BCUT2D eigenvalue weighted by atomic mass is 9.65. The zero-order valence-electron chi connectivity index (χ0n) is 14.6. The number of hydrogen-bond acceptors (Lipinski definition) is 6. The van der Waals surface area contributed by atoms with Gasteiger partial charge in [0.15, 0.2) is 5.50 Å². The summed E-state index contributed by atoms with van der Waals surface area (Å²) in [5.41, 5.74) is 3.46. The first-order valence-electron chi connectivity index (χ1n) is 7.95. The third-order valence-corrected chi connectivity index (χ3v) is 6.20. The lowest BCUT2D eigenvalue weighted by Gasteiger charge is -2.27. The van der Waals surface area contributed by atoms with E-state index in [1.54, 1.807) is 6.07 Å². The fourth-order valence-electron chi connectivity index (χ4n) is 2.62. The smallest absolute Gasteiger partial charge is 0.302 e. The molecule has 0 aliphatic carbocycles. The molecule has 2 aromatic rings. The summed E-state index contributed by atoms with van der Waals surface area (Å²) < 4.78 is 33.0. The number of benzene rings is 2. The van der Waals surface area contributed by atoms with Crippen LogP contribution < -0.4 is 5.73 Å². The Labute approximate surface area is 181 Å². The van der Waals surface area contributed by atoms with Gasteiger partial charge in [0.25, 0.3) is 0 Å². The summed E-state index contributed by atoms with van der Waals surface area (Å²) >= 11 is 11.9. The van der Waals surface area contributed by atoms with Crippen molar-refractivity contribution >= 4 is 62.6 Å². The minimum Gasteiger partial charge on any atom is -0.467 e. The van der Waals surface area contributed by atoms with Crippen LogP contribution in [0.5, 0.6) is 0 Å². The molecule has 0 saturated carbocycles. The van der Waals surface area contributed by atoms with Gasteiger partial charge in [-0.25, -0.2) is 0 Å². The van der Waals surface area contributed by atoms with Crippen LogP contribution in [0.3, 0.4) is 0 Å².